The molecule has 30 heavy (non-hydrogen) atoms. The molecule has 8 heteroatoms. The molecule has 1 aliphatic rings. The van der Waals surface area contributed by atoms with Crippen molar-refractivity contribution in [1.82, 2.24) is 5.01 Å². The maximum absolute atomic E-state index is 12.4. The number of nitrogens with one attached hydrogen (secondary N) is 1. The van der Waals surface area contributed by atoms with E-state index >= 15 is 0 Å². The van der Waals surface area contributed by atoms with Gasteiger partial charge in [-0.05, 0) is 35.9 Å². The fourth-order valence-corrected chi connectivity index (χ4v) is 3.62. The third-order valence-electron chi connectivity index (χ3n) is 4.55. The lowest BCUT2D eigenvalue weighted by atomic mass is 10.1. The summed E-state index contributed by atoms with van der Waals surface area (Å²) in [7, 11) is 3.17. The van der Waals surface area contributed by atoms with Crippen LogP contribution in [0.4, 0.5) is 10.5 Å². The van der Waals surface area contributed by atoms with Crippen molar-refractivity contribution in [3.8, 4) is 11.5 Å². The lowest BCUT2D eigenvalue weighted by molar-refractivity contribution is -0.118. The normalized spacial score (nSPS) is 13.8. The van der Waals surface area contributed by atoms with Crippen molar-refractivity contribution in [1.29, 1.82) is 0 Å². The van der Waals surface area contributed by atoms with Crippen LogP contribution in [0.3, 0.4) is 0 Å². The van der Waals surface area contributed by atoms with Gasteiger partial charge in [-0.15, -0.1) is 0 Å². The molecule has 1 heterocycles. The van der Waals surface area contributed by atoms with Crippen molar-refractivity contribution >= 4 is 34.3 Å². The van der Waals surface area contributed by atoms with Crippen LogP contribution in [0.2, 0.25) is 0 Å². The maximum Gasteiger partial charge on any atom is 0.302 e. The third-order valence-corrected chi connectivity index (χ3v) is 5.43. The fourth-order valence-electron chi connectivity index (χ4n) is 2.88. The molecule has 1 aliphatic heterocycles. The molecule has 0 radical (unpaired) electrons. The molecule has 3 rings (SSSR count). The van der Waals surface area contributed by atoms with Crippen LogP contribution in [-0.4, -0.2) is 41.8 Å². The first-order valence-corrected chi connectivity index (χ1v) is 10.5. The number of hydrazone groups is 1. The van der Waals surface area contributed by atoms with Gasteiger partial charge in [0.1, 0.15) is 0 Å². The highest BCUT2D eigenvalue weighted by Gasteiger charge is 2.23. The van der Waals surface area contributed by atoms with Gasteiger partial charge in [-0.3, -0.25) is 9.59 Å². The van der Waals surface area contributed by atoms with Gasteiger partial charge in [0.25, 0.3) is 0 Å². The number of carbonyl (C=O) groups is 2. The van der Waals surface area contributed by atoms with Gasteiger partial charge in [-0.2, -0.15) is 5.10 Å². The minimum Gasteiger partial charge on any atom is -0.493 e. The number of nitrogens with zero attached hydrogens (tertiary/aromatic N) is 2. The Bertz CT molecular complexity index is 975. The smallest absolute Gasteiger partial charge is 0.302 e. The molecule has 0 spiro atoms. The van der Waals surface area contributed by atoms with E-state index in [-0.39, 0.29) is 17.1 Å². The molecule has 0 saturated carbocycles. The number of rotatable bonds is 7. The molecule has 0 bridgehead atoms. The highest BCUT2D eigenvalue weighted by Crippen LogP contribution is 2.30. The molecular formula is C22H25N3O4S. The average Bonchev–Trinajstić information content (AvgIpc) is 2.75. The first kappa shape index (κ1) is 21.7. The van der Waals surface area contributed by atoms with E-state index in [0.29, 0.717) is 29.5 Å². The van der Waals surface area contributed by atoms with E-state index in [1.54, 1.807) is 14.2 Å². The van der Waals surface area contributed by atoms with E-state index in [0.717, 1.165) is 16.8 Å². The van der Waals surface area contributed by atoms with Crippen LogP contribution in [0.15, 0.2) is 47.6 Å². The maximum atomic E-state index is 12.4. The van der Waals surface area contributed by atoms with E-state index in [9.17, 15) is 9.59 Å². The summed E-state index contributed by atoms with van der Waals surface area (Å²) in [5.41, 5.74) is 3.23. The summed E-state index contributed by atoms with van der Waals surface area (Å²) in [6, 6.07) is 13.0. The molecule has 0 aromatic heterocycles. The molecule has 0 unspecified atom stereocenters. The van der Waals surface area contributed by atoms with Crippen LogP contribution >= 0.6 is 11.8 Å². The molecule has 158 valence electrons. The van der Waals surface area contributed by atoms with Gasteiger partial charge >= 0.3 is 5.24 Å². The molecule has 1 N–H and O–H groups in total. The van der Waals surface area contributed by atoms with Crippen LogP contribution in [0.5, 0.6) is 11.5 Å². The first-order valence-electron chi connectivity index (χ1n) is 9.55. The summed E-state index contributed by atoms with van der Waals surface area (Å²) in [6.45, 7) is 3.99. The third kappa shape index (κ3) is 5.13. The Morgan fingerprint density at radius 3 is 2.63 bits per heavy atom. The number of hydrogen-bond acceptors (Lipinski definition) is 6. The Morgan fingerprint density at radius 2 is 1.93 bits per heavy atom. The number of thioether (sulfide) groups is 1. The number of methoxy groups -OCH3 is 2. The lowest BCUT2D eigenvalue weighted by Crippen LogP contribution is -2.29. The van der Waals surface area contributed by atoms with Gasteiger partial charge in [0.2, 0.25) is 5.91 Å². The summed E-state index contributed by atoms with van der Waals surface area (Å²) in [6.07, 6.45) is 0. The second-order valence-corrected chi connectivity index (χ2v) is 8.00. The van der Waals surface area contributed by atoms with Gasteiger partial charge in [0, 0.05) is 22.9 Å². The van der Waals surface area contributed by atoms with Gasteiger partial charge in [0.05, 0.1) is 26.5 Å². The van der Waals surface area contributed by atoms with Crippen molar-refractivity contribution in [2.75, 3.05) is 25.3 Å². The standard InChI is InChI=1S/C22H25N3O4S/c1-14(2)21(26)23-17-7-5-6-15(10-17)12-25-22(27)30-13-18(24-25)16-8-9-19(28-3)20(11-16)29-4/h5-11,14H,12-13H2,1-4H3,(H,23,26). The van der Waals surface area contributed by atoms with Crippen molar-refractivity contribution in [3.05, 3.63) is 53.6 Å². The Kier molecular flexibility index (Phi) is 6.99. The lowest BCUT2D eigenvalue weighted by Gasteiger charge is -2.23. The van der Waals surface area contributed by atoms with Crippen molar-refractivity contribution in [2.24, 2.45) is 11.0 Å². The summed E-state index contributed by atoms with van der Waals surface area (Å²) < 4.78 is 10.7. The Morgan fingerprint density at radius 1 is 1.17 bits per heavy atom. The highest BCUT2D eigenvalue weighted by molar-refractivity contribution is 8.14. The minimum atomic E-state index is -0.115. The van der Waals surface area contributed by atoms with E-state index in [4.69, 9.17) is 9.47 Å². The predicted octanol–water partition coefficient (Wildman–Crippen LogP) is 4.37. The van der Waals surface area contributed by atoms with E-state index in [2.05, 4.69) is 10.4 Å². The Balaban J connectivity index is 1.81. The molecule has 0 fully saturated rings. The number of ether oxygens (including phenoxy) is 2. The molecule has 0 saturated heterocycles. The van der Waals surface area contributed by atoms with Crippen LogP contribution < -0.4 is 14.8 Å². The predicted molar refractivity (Wildman–Crippen MR) is 119 cm³/mol. The molecule has 0 aliphatic carbocycles. The van der Waals surface area contributed by atoms with E-state index < -0.39 is 0 Å². The SMILES string of the molecule is COc1ccc(C2=NN(Cc3cccc(NC(=O)C(C)C)c3)C(=O)SC2)cc1OC. The number of amides is 2. The monoisotopic (exact) mass is 427 g/mol. The first-order chi connectivity index (χ1) is 14.4. The van der Waals surface area contributed by atoms with Gasteiger partial charge in [-0.1, -0.05) is 37.7 Å². The summed E-state index contributed by atoms with van der Waals surface area (Å²) in [5, 5.41) is 8.79. The second-order valence-electron chi connectivity index (χ2n) is 7.07. The van der Waals surface area contributed by atoms with Crippen molar-refractivity contribution in [2.45, 2.75) is 20.4 Å². The van der Waals surface area contributed by atoms with Crippen LogP contribution in [0, 0.1) is 5.92 Å². The van der Waals surface area contributed by atoms with Crippen LogP contribution in [0.25, 0.3) is 0 Å². The van der Waals surface area contributed by atoms with Crippen LogP contribution in [-0.2, 0) is 11.3 Å². The fraction of sp³-hybridized carbons (Fsp3) is 0.318. The topological polar surface area (TPSA) is 80.2 Å². The van der Waals surface area contributed by atoms with Crippen molar-refractivity contribution in [3.63, 3.8) is 0 Å². The zero-order chi connectivity index (χ0) is 21.7. The molecule has 2 amide bonds. The van der Waals surface area contributed by atoms with Gasteiger partial charge in [-0.25, -0.2) is 5.01 Å². The minimum absolute atomic E-state index is 0.0504. The van der Waals surface area contributed by atoms with Crippen molar-refractivity contribution < 1.29 is 19.1 Å². The van der Waals surface area contributed by atoms with E-state index in [1.807, 2.05) is 56.3 Å². The molecule has 2 aromatic carbocycles. The number of hydrogen-bond donors (Lipinski definition) is 1. The summed E-state index contributed by atoms with van der Waals surface area (Å²) in [4.78, 5) is 24.4. The summed E-state index contributed by atoms with van der Waals surface area (Å²) >= 11 is 1.20. The zero-order valence-corrected chi connectivity index (χ0v) is 18.3. The largest absolute Gasteiger partial charge is 0.493 e. The number of benzene rings is 2. The Hall–Kier alpha value is -3.00. The molecule has 7 nitrogen and oxygen atoms in total. The Labute approximate surface area is 180 Å². The molecular weight excluding hydrogens is 402 g/mol. The molecule has 2 aromatic rings. The zero-order valence-electron chi connectivity index (χ0n) is 17.5. The number of carbonyl (C=O) groups excluding carboxylic acids is 2. The molecule has 0 atom stereocenters. The van der Waals surface area contributed by atoms with Gasteiger partial charge in [0.15, 0.2) is 11.5 Å². The quantitative estimate of drug-likeness (QED) is 0.710. The van der Waals surface area contributed by atoms with E-state index in [1.165, 1.54) is 16.8 Å². The van der Waals surface area contributed by atoms with Gasteiger partial charge < -0.3 is 14.8 Å². The van der Waals surface area contributed by atoms with Crippen LogP contribution in [0.1, 0.15) is 25.0 Å². The highest BCUT2D eigenvalue weighted by atomic mass is 32.2. The number of anilines is 1. The average molecular weight is 428 g/mol. The second kappa shape index (κ2) is 9.67. The summed E-state index contributed by atoms with van der Waals surface area (Å²) in [5.74, 6) is 1.57.